The van der Waals surface area contributed by atoms with E-state index in [9.17, 15) is 9.90 Å². The van der Waals surface area contributed by atoms with Gasteiger partial charge in [-0.1, -0.05) is 18.2 Å². The van der Waals surface area contributed by atoms with Crippen molar-refractivity contribution >= 4 is 22.7 Å². The molecule has 24 heavy (non-hydrogen) atoms. The fourth-order valence-electron chi connectivity index (χ4n) is 3.28. The number of para-hydroxylation sites is 1. The first kappa shape index (κ1) is 14.7. The predicted molar refractivity (Wildman–Crippen MR) is 91.4 cm³/mol. The van der Waals surface area contributed by atoms with Crippen molar-refractivity contribution in [3.8, 4) is 5.82 Å². The number of carbonyl (C=O) groups is 1. The fraction of sp³-hybridized carbons (Fsp3) is 0.278. The van der Waals surface area contributed by atoms with E-state index in [1.165, 1.54) is 0 Å². The molecule has 0 radical (unpaired) electrons. The van der Waals surface area contributed by atoms with Crippen LogP contribution in [-0.2, 0) is 4.79 Å². The van der Waals surface area contributed by atoms with Crippen molar-refractivity contribution in [3.05, 3.63) is 48.9 Å². The topological polar surface area (TPSA) is 71.2 Å². The van der Waals surface area contributed by atoms with Crippen LogP contribution in [0, 0.1) is 5.92 Å². The van der Waals surface area contributed by atoms with Crippen molar-refractivity contribution in [1.29, 1.82) is 0 Å². The second-order valence-corrected chi connectivity index (χ2v) is 6.10. The van der Waals surface area contributed by atoms with Gasteiger partial charge in [0.25, 0.3) is 0 Å². The van der Waals surface area contributed by atoms with Crippen molar-refractivity contribution < 1.29 is 9.90 Å². The van der Waals surface area contributed by atoms with Gasteiger partial charge >= 0.3 is 5.97 Å². The molecule has 6 nitrogen and oxygen atoms in total. The van der Waals surface area contributed by atoms with E-state index < -0.39 is 5.97 Å². The van der Waals surface area contributed by atoms with Crippen molar-refractivity contribution in [2.45, 2.75) is 12.8 Å². The number of benzene rings is 1. The van der Waals surface area contributed by atoms with Crippen LogP contribution >= 0.6 is 0 Å². The summed E-state index contributed by atoms with van der Waals surface area (Å²) in [6.45, 7) is 1.30. The molecule has 1 fully saturated rings. The Bertz CT molecular complexity index is 889. The van der Waals surface area contributed by atoms with E-state index in [-0.39, 0.29) is 5.92 Å². The molecule has 1 saturated heterocycles. The third kappa shape index (κ3) is 2.60. The lowest BCUT2D eigenvalue weighted by molar-refractivity contribution is -0.141. The van der Waals surface area contributed by atoms with Gasteiger partial charge in [0.05, 0.1) is 23.8 Å². The minimum absolute atomic E-state index is 0.336. The number of aromatic nitrogens is 3. The molecule has 0 amide bonds. The first-order chi connectivity index (χ1) is 11.7. The Labute approximate surface area is 139 Å². The van der Waals surface area contributed by atoms with Gasteiger partial charge in [-0.25, -0.2) is 4.98 Å². The predicted octanol–water partition coefficient (Wildman–Crippen LogP) is 2.72. The lowest BCUT2D eigenvalue weighted by Crippen LogP contribution is -2.39. The second-order valence-electron chi connectivity index (χ2n) is 6.10. The smallest absolute Gasteiger partial charge is 0.308 e. The highest BCUT2D eigenvalue weighted by atomic mass is 16.4. The lowest BCUT2D eigenvalue weighted by Gasteiger charge is -2.31. The summed E-state index contributed by atoms with van der Waals surface area (Å²) in [5.41, 5.74) is 1.08. The maximum Gasteiger partial charge on any atom is 0.308 e. The Kier molecular flexibility index (Phi) is 3.65. The third-order valence-corrected chi connectivity index (χ3v) is 4.55. The highest BCUT2D eigenvalue weighted by Gasteiger charge is 2.26. The molecule has 4 rings (SSSR count). The molecule has 0 aliphatic carbocycles. The number of nitrogens with zero attached hydrogens (tertiary/aromatic N) is 4. The van der Waals surface area contributed by atoms with Crippen LogP contribution in [0.1, 0.15) is 12.8 Å². The van der Waals surface area contributed by atoms with Crippen molar-refractivity contribution in [3.63, 3.8) is 0 Å². The molecule has 1 aliphatic rings. The van der Waals surface area contributed by atoms with E-state index in [4.69, 9.17) is 4.98 Å². The number of carboxylic acid groups (broad SMARTS) is 1. The zero-order valence-corrected chi connectivity index (χ0v) is 13.2. The van der Waals surface area contributed by atoms with Crippen molar-refractivity contribution in [2.24, 2.45) is 5.92 Å². The first-order valence-corrected chi connectivity index (χ1v) is 8.08. The van der Waals surface area contributed by atoms with E-state index in [0.29, 0.717) is 6.54 Å². The third-order valence-electron chi connectivity index (χ3n) is 4.55. The van der Waals surface area contributed by atoms with E-state index in [2.05, 4.69) is 11.1 Å². The summed E-state index contributed by atoms with van der Waals surface area (Å²) < 4.78 is 2.00. The van der Waals surface area contributed by atoms with Gasteiger partial charge in [0.2, 0.25) is 0 Å². The molecule has 0 bridgehead atoms. The molecule has 1 atom stereocenters. The van der Waals surface area contributed by atoms with Crippen LogP contribution in [0.4, 0.5) is 5.82 Å². The Hall–Kier alpha value is -2.89. The molecular formula is C18H18N4O2. The number of rotatable bonds is 3. The van der Waals surface area contributed by atoms with Crippen molar-refractivity contribution in [2.75, 3.05) is 18.0 Å². The highest BCUT2D eigenvalue weighted by Crippen LogP contribution is 2.24. The molecule has 1 N–H and O–H groups in total. The molecule has 1 unspecified atom stereocenters. The standard InChI is InChI=1S/C18H18N4O2/c23-18(24)14-5-3-8-21(12-14)16-10-19-11-17(20-16)22-9-7-13-4-1-2-6-15(13)22/h1-2,4,6-7,9-11,14H,3,5,8,12H2,(H,23,24). The van der Waals surface area contributed by atoms with Gasteiger partial charge < -0.3 is 10.0 Å². The van der Waals surface area contributed by atoms with Gasteiger partial charge in [0.15, 0.2) is 5.82 Å². The Morgan fingerprint density at radius 1 is 1.17 bits per heavy atom. The van der Waals surface area contributed by atoms with E-state index in [0.717, 1.165) is 41.9 Å². The summed E-state index contributed by atoms with van der Waals surface area (Å²) in [7, 11) is 0. The minimum atomic E-state index is -0.736. The van der Waals surface area contributed by atoms with Gasteiger partial charge in [0, 0.05) is 19.3 Å². The van der Waals surface area contributed by atoms with Gasteiger partial charge in [-0.3, -0.25) is 14.3 Å². The van der Waals surface area contributed by atoms with Crippen LogP contribution in [-0.4, -0.2) is 38.7 Å². The molecule has 3 aromatic rings. The number of piperidine rings is 1. The molecule has 3 heterocycles. The van der Waals surface area contributed by atoms with E-state index >= 15 is 0 Å². The van der Waals surface area contributed by atoms with Crippen LogP contribution in [0.3, 0.4) is 0 Å². The Morgan fingerprint density at radius 2 is 2.00 bits per heavy atom. The molecule has 2 aromatic heterocycles. The number of carboxylic acids is 1. The van der Waals surface area contributed by atoms with Crippen LogP contribution in [0.5, 0.6) is 0 Å². The molecular weight excluding hydrogens is 304 g/mol. The summed E-state index contributed by atoms with van der Waals surface area (Å²) in [5.74, 6) is 0.402. The normalized spacial score (nSPS) is 18.0. The number of anilines is 1. The molecule has 122 valence electrons. The lowest BCUT2D eigenvalue weighted by atomic mass is 9.98. The van der Waals surface area contributed by atoms with Gasteiger partial charge in [0.1, 0.15) is 5.82 Å². The summed E-state index contributed by atoms with van der Waals surface area (Å²) in [5, 5.41) is 10.4. The fourth-order valence-corrected chi connectivity index (χ4v) is 3.28. The summed E-state index contributed by atoms with van der Waals surface area (Å²) in [6, 6.07) is 10.2. The molecule has 0 saturated carbocycles. The minimum Gasteiger partial charge on any atom is -0.481 e. The highest BCUT2D eigenvalue weighted by molar-refractivity contribution is 5.81. The SMILES string of the molecule is O=C(O)C1CCCN(c2cncc(-n3ccc4ccccc43)n2)C1. The van der Waals surface area contributed by atoms with E-state index in [1.807, 2.05) is 39.9 Å². The van der Waals surface area contributed by atoms with Gasteiger partial charge in [-0.05, 0) is 30.4 Å². The van der Waals surface area contributed by atoms with Crippen molar-refractivity contribution in [1.82, 2.24) is 14.5 Å². The number of fused-ring (bicyclic) bond motifs is 1. The van der Waals surface area contributed by atoms with Crippen LogP contribution in [0.25, 0.3) is 16.7 Å². The summed E-state index contributed by atoms with van der Waals surface area (Å²) >= 11 is 0. The zero-order chi connectivity index (χ0) is 16.5. The van der Waals surface area contributed by atoms with Gasteiger partial charge in [-0.2, -0.15) is 0 Å². The molecule has 6 heteroatoms. The largest absolute Gasteiger partial charge is 0.481 e. The molecule has 1 aliphatic heterocycles. The van der Waals surface area contributed by atoms with Crippen LogP contribution in [0.2, 0.25) is 0 Å². The average Bonchev–Trinajstić information content (AvgIpc) is 3.06. The van der Waals surface area contributed by atoms with Gasteiger partial charge in [-0.15, -0.1) is 0 Å². The maximum atomic E-state index is 11.3. The first-order valence-electron chi connectivity index (χ1n) is 8.08. The van der Waals surface area contributed by atoms with E-state index in [1.54, 1.807) is 12.4 Å². The number of hydrogen-bond donors (Lipinski definition) is 1. The summed E-state index contributed by atoms with van der Waals surface area (Å²) in [4.78, 5) is 22.3. The quantitative estimate of drug-likeness (QED) is 0.803. The Balaban J connectivity index is 1.68. The monoisotopic (exact) mass is 322 g/mol. The zero-order valence-electron chi connectivity index (χ0n) is 13.2. The maximum absolute atomic E-state index is 11.3. The Morgan fingerprint density at radius 3 is 2.88 bits per heavy atom. The summed E-state index contributed by atoms with van der Waals surface area (Å²) in [6.07, 6.45) is 7.00. The van der Waals surface area contributed by atoms with Crippen LogP contribution in [0.15, 0.2) is 48.9 Å². The molecule has 1 aromatic carbocycles. The number of hydrogen-bond acceptors (Lipinski definition) is 4. The number of aliphatic carboxylic acids is 1. The van der Waals surface area contributed by atoms with Crippen LogP contribution < -0.4 is 4.90 Å². The second kappa shape index (κ2) is 5.96. The molecule has 0 spiro atoms. The average molecular weight is 322 g/mol.